The number of nitrogens with zero attached hydrogens (tertiary/aromatic N) is 3. The second-order valence-corrected chi connectivity index (χ2v) is 6.44. The molecular weight excluding hydrogens is 288 g/mol. The maximum absolute atomic E-state index is 12.1. The van der Waals surface area contributed by atoms with Crippen LogP contribution in [-0.2, 0) is 4.79 Å². The van der Waals surface area contributed by atoms with Crippen molar-refractivity contribution in [3.8, 4) is 12.3 Å². The van der Waals surface area contributed by atoms with Crippen LogP contribution < -0.4 is 0 Å². The maximum atomic E-state index is 12.1. The van der Waals surface area contributed by atoms with E-state index in [1.807, 2.05) is 17.2 Å². The minimum Gasteiger partial charge on any atom is -0.346 e. The van der Waals surface area contributed by atoms with Gasteiger partial charge in [-0.2, -0.15) is 0 Å². The van der Waals surface area contributed by atoms with Gasteiger partial charge in [0.2, 0.25) is 5.91 Å². The van der Waals surface area contributed by atoms with Gasteiger partial charge < -0.3 is 9.88 Å². The predicted molar refractivity (Wildman–Crippen MR) is 89.6 cm³/mol. The number of amides is 1. The largest absolute Gasteiger partial charge is 0.346 e. The molecule has 1 aliphatic rings. The third kappa shape index (κ3) is 2.94. The highest BCUT2D eigenvalue weighted by atomic mass is 16.2. The third-order valence-electron chi connectivity index (χ3n) is 5.08. The van der Waals surface area contributed by atoms with E-state index in [1.54, 1.807) is 6.33 Å². The van der Waals surface area contributed by atoms with E-state index >= 15 is 0 Å². The van der Waals surface area contributed by atoms with Crippen molar-refractivity contribution >= 4 is 16.9 Å². The Balaban J connectivity index is 1.85. The first kappa shape index (κ1) is 15.5. The third-order valence-corrected chi connectivity index (χ3v) is 5.08. The second kappa shape index (κ2) is 6.41. The Morgan fingerprint density at radius 1 is 1.57 bits per heavy atom. The summed E-state index contributed by atoms with van der Waals surface area (Å²) in [5.74, 6) is 3.69. The second-order valence-electron chi connectivity index (χ2n) is 6.44. The lowest BCUT2D eigenvalue weighted by Crippen LogP contribution is -2.44. The number of H-pyrrole nitrogens is 1. The number of rotatable bonds is 3. The molecule has 2 aromatic heterocycles. The van der Waals surface area contributed by atoms with Crippen molar-refractivity contribution in [3.63, 3.8) is 0 Å². The van der Waals surface area contributed by atoms with E-state index < -0.39 is 0 Å². The van der Waals surface area contributed by atoms with Crippen molar-refractivity contribution in [1.29, 1.82) is 0 Å². The van der Waals surface area contributed by atoms with Gasteiger partial charge in [0.25, 0.3) is 0 Å². The van der Waals surface area contributed by atoms with Crippen molar-refractivity contribution in [2.24, 2.45) is 11.8 Å². The molecule has 23 heavy (non-hydrogen) atoms. The fraction of sp³-hybridized carbons (Fsp3) is 0.500. The average molecular weight is 310 g/mol. The number of piperidine rings is 1. The van der Waals surface area contributed by atoms with Crippen LogP contribution in [0.4, 0.5) is 0 Å². The van der Waals surface area contributed by atoms with Gasteiger partial charge in [0.15, 0.2) is 0 Å². The summed E-state index contributed by atoms with van der Waals surface area (Å²) < 4.78 is 0. The number of likely N-dealkylation sites (tertiary alicyclic amines) is 1. The van der Waals surface area contributed by atoms with E-state index in [9.17, 15) is 4.79 Å². The van der Waals surface area contributed by atoms with E-state index in [2.05, 4.69) is 34.7 Å². The van der Waals surface area contributed by atoms with Gasteiger partial charge in [0.05, 0.1) is 12.1 Å². The van der Waals surface area contributed by atoms with E-state index in [1.165, 1.54) is 0 Å². The minimum atomic E-state index is 0.0612. The Hall–Kier alpha value is -2.35. The molecule has 5 nitrogen and oxygen atoms in total. The van der Waals surface area contributed by atoms with E-state index in [0.29, 0.717) is 11.8 Å². The summed E-state index contributed by atoms with van der Waals surface area (Å²) in [7, 11) is 0. The standard InChI is InChI=1S/C18H22N4O/c1-4-5-16(23)22-9-7-12(2)15(10-22)13(3)17-14-6-8-19-18(14)21-11-20-17/h1,6,8,11-13,15H,5,7,9-10H2,2-3H3,(H,19,20,21)/t12-,13-,15?/m1/s1. The first-order valence-electron chi connectivity index (χ1n) is 8.11. The van der Waals surface area contributed by atoms with Gasteiger partial charge in [0.1, 0.15) is 12.0 Å². The normalized spacial score (nSPS) is 22.7. The summed E-state index contributed by atoms with van der Waals surface area (Å²) in [5, 5.41) is 1.07. The molecular formula is C18H22N4O. The van der Waals surface area contributed by atoms with Gasteiger partial charge in [-0.25, -0.2) is 9.97 Å². The molecule has 120 valence electrons. The zero-order valence-corrected chi connectivity index (χ0v) is 13.6. The summed E-state index contributed by atoms with van der Waals surface area (Å²) in [4.78, 5) is 26.0. The van der Waals surface area contributed by atoms with Crippen molar-refractivity contribution in [2.75, 3.05) is 13.1 Å². The van der Waals surface area contributed by atoms with Crippen LogP contribution in [-0.4, -0.2) is 38.8 Å². The Morgan fingerprint density at radius 3 is 3.17 bits per heavy atom. The molecule has 5 heteroatoms. The molecule has 0 aromatic carbocycles. The summed E-state index contributed by atoms with van der Waals surface area (Å²) in [5.41, 5.74) is 1.92. The number of terminal acetylenes is 1. The van der Waals surface area contributed by atoms with Crippen molar-refractivity contribution < 1.29 is 4.79 Å². The van der Waals surface area contributed by atoms with Crippen LogP contribution in [0.2, 0.25) is 0 Å². The summed E-state index contributed by atoms with van der Waals surface area (Å²) in [6.07, 6.45) is 9.98. The maximum Gasteiger partial charge on any atom is 0.234 e. The van der Waals surface area contributed by atoms with Gasteiger partial charge in [0, 0.05) is 30.6 Å². The number of nitrogens with one attached hydrogen (secondary N) is 1. The summed E-state index contributed by atoms with van der Waals surface area (Å²) in [6, 6.07) is 2.02. The number of fused-ring (bicyclic) bond motifs is 1. The molecule has 0 aliphatic carbocycles. The molecule has 0 spiro atoms. The highest BCUT2D eigenvalue weighted by Gasteiger charge is 2.33. The van der Waals surface area contributed by atoms with Crippen LogP contribution in [0.25, 0.3) is 11.0 Å². The Kier molecular flexibility index (Phi) is 4.33. The van der Waals surface area contributed by atoms with Gasteiger partial charge >= 0.3 is 0 Å². The first-order valence-corrected chi connectivity index (χ1v) is 8.11. The van der Waals surface area contributed by atoms with Crippen molar-refractivity contribution in [2.45, 2.75) is 32.6 Å². The summed E-state index contributed by atoms with van der Waals surface area (Å²) in [6.45, 7) is 6.01. The molecule has 1 aliphatic heterocycles. The molecule has 0 saturated carbocycles. The molecule has 1 saturated heterocycles. The Labute approximate surface area is 136 Å². The number of carbonyl (C=O) groups excluding carboxylic acids is 1. The van der Waals surface area contributed by atoms with Crippen LogP contribution in [0.5, 0.6) is 0 Å². The van der Waals surface area contributed by atoms with E-state index in [0.717, 1.165) is 36.2 Å². The average Bonchev–Trinajstić information content (AvgIpc) is 3.03. The number of aromatic amines is 1. The first-order chi connectivity index (χ1) is 11.1. The van der Waals surface area contributed by atoms with Crippen LogP contribution in [0, 0.1) is 24.2 Å². The monoisotopic (exact) mass is 310 g/mol. The van der Waals surface area contributed by atoms with E-state index in [-0.39, 0.29) is 18.2 Å². The number of carbonyl (C=O) groups is 1. The number of hydrogen-bond donors (Lipinski definition) is 1. The summed E-state index contributed by atoms with van der Waals surface area (Å²) >= 11 is 0. The van der Waals surface area contributed by atoms with Crippen molar-refractivity contribution in [1.82, 2.24) is 19.9 Å². The lowest BCUT2D eigenvalue weighted by Gasteiger charge is -2.40. The highest BCUT2D eigenvalue weighted by Crippen LogP contribution is 2.36. The quantitative estimate of drug-likeness (QED) is 0.886. The van der Waals surface area contributed by atoms with Crippen LogP contribution in [0.15, 0.2) is 18.6 Å². The fourth-order valence-electron chi connectivity index (χ4n) is 3.63. The molecule has 1 N–H and O–H groups in total. The lowest BCUT2D eigenvalue weighted by atomic mass is 9.77. The van der Waals surface area contributed by atoms with Gasteiger partial charge in [-0.15, -0.1) is 6.42 Å². The SMILES string of the molecule is C#CCC(=O)N1CC[C@@H](C)C([C@@H](C)c2ncnc3[nH]ccc23)C1. The smallest absolute Gasteiger partial charge is 0.234 e. The van der Waals surface area contributed by atoms with Crippen molar-refractivity contribution in [3.05, 3.63) is 24.3 Å². The Bertz CT molecular complexity index is 745. The zero-order valence-electron chi connectivity index (χ0n) is 13.6. The van der Waals surface area contributed by atoms with Gasteiger partial charge in [-0.05, 0) is 24.3 Å². The number of hydrogen-bond acceptors (Lipinski definition) is 3. The predicted octanol–water partition coefficient (Wildman–Crippen LogP) is 2.57. The molecule has 1 unspecified atom stereocenters. The molecule has 3 rings (SSSR count). The van der Waals surface area contributed by atoms with Crippen LogP contribution in [0.1, 0.15) is 38.3 Å². The minimum absolute atomic E-state index is 0.0612. The fourth-order valence-corrected chi connectivity index (χ4v) is 3.63. The van der Waals surface area contributed by atoms with Gasteiger partial charge in [-0.3, -0.25) is 4.79 Å². The molecule has 2 aromatic rings. The molecule has 0 bridgehead atoms. The number of aromatic nitrogens is 3. The van der Waals surface area contributed by atoms with Gasteiger partial charge in [-0.1, -0.05) is 19.8 Å². The molecule has 0 radical (unpaired) electrons. The zero-order chi connectivity index (χ0) is 16.4. The lowest BCUT2D eigenvalue weighted by molar-refractivity contribution is -0.132. The molecule has 3 atom stereocenters. The highest BCUT2D eigenvalue weighted by molar-refractivity contribution is 5.79. The molecule has 1 fully saturated rings. The van der Waals surface area contributed by atoms with Crippen LogP contribution >= 0.6 is 0 Å². The molecule has 3 heterocycles. The molecule has 1 amide bonds. The van der Waals surface area contributed by atoms with Crippen LogP contribution in [0.3, 0.4) is 0 Å². The Morgan fingerprint density at radius 2 is 2.39 bits per heavy atom. The topological polar surface area (TPSA) is 61.9 Å². The van der Waals surface area contributed by atoms with E-state index in [4.69, 9.17) is 6.42 Å².